The van der Waals surface area contributed by atoms with Crippen LogP contribution >= 0.6 is 0 Å². The van der Waals surface area contributed by atoms with Gasteiger partial charge in [0.1, 0.15) is 17.0 Å². The van der Waals surface area contributed by atoms with Crippen LogP contribution in [0.5, 0.6) is 5.75 Å². The summed E-state index contributed by atoms with van der Waals surface area (Å²) in [4.78, 5) is 13.1. The molecule has 3 aromatic rings. The van der Waals surface area contributed by atoms with Crippen molar-refractivity contribution in [2.45, 2.75) is 52.2 Å². The van der Waals surface area contributed by atoms with Crippen molar-refractivity contribution in [2.24, 2.45) is 0 Å². The topological polar surface area (TPSA) is 72.9 Å². The van der Waals surface area contributed by atoms with Crippen molar-refractivity contribution in [3.8, 4) is 5.75 Å². The lowest BCUT2D eigenvalue weighted by atomic mass is 10.2. The van der Waals surface area contributed by atoms with Crippen LogP contribution in [0.1, 0.15) is 41.5 Å². The quantitative estimate of drug-likeness (QED) is 0.407. The van der Waals surface area contributed by atoms with Crippen molar-refractivity contribution in [1.29, 1.82) is 0 Å². The molecule has 0 bridgehead atoms. The van der Waals surface area contributed by atoms with Crippen molar-refractivity contribution < 1.29 is 22.4 Å². The molecule has 192 valence electrons. The van der Waals surface area contributed by atoms with Gasteiger partial charge in [0, 0.05) is 0 Å². The Labute approximate surface area is 216 Å². The van der Waals surface area contributed by atoms with E-state index in [4.69, 9.17) is 9.16 Å². The lowest BCUT2D eigenvalue weighted by Gasteiger charge is -2.43. The molecule has 0 fully saturated rings. The normalized spacial score (nSPS) is 12.6. The van der Waals surface area contributed by atoms with Crippen LogP contribution < -0.4 is 19.1 Å². The van der Waals surface area contributed by atoms with Gasteiger partial charge in [-0.3, -0.25) is 0 Å². The molecule has 0 unspecified atom stereocenters. The van der Waals surface area contributed by atoms with E-state index in [-0.39, 0.29) is 10.7 Å². The summed E-state index contributed by atoms with van der Waals surface area (Å²) in [6.07, 6.45) is -0.000204. The summed E-state index contributed by atoms with van der Waals surface area (Å²) in [7, 11) is -7.12. The molecular formula is C28H35NO5SSi. The highest BCUT2D eigenvalue weighted by Gasteiger charge is 2.52. The summed E-state index contributed by atoms with van der Waals surface area (Å²) < 4.78 is 39.0. The Morgan fingerprint density at radius 3 is 1.61 bits per heavy atom. The van der Waals surface area contributed by atoms with E-state index in [1.54, 1.807) is 45.0 Å². The Kier molecular flexibility index (Phi) is 7.71. The molecule has 3 rings (SSSR count). The number of sulfonamides is 1. The van der Waals surface area contributed by atoms with E-state index in [9.17, 15) is 13.2 Å². The van der Waals surface area contributed by atoms with Gasteiger partial charge < -0.3 is 9.16 Å². The number of nitrogens with zero attached hydrogens (tertiary/aromatic N) is 1. The molecule has 0 radical (unpaired) electrons. The second-order valence-corrected chi connectivity index (χ2v) is 16.8. The maximum atomic E-state index is 13.1. The van der Waals surface area contributed by atoms with Crippen molar-refractivity contribution in [1.82, 2.24) is 0 Å². The van der Waals surface area contributed by atoms with Gasteiger partial charge in [-0.2, -0.15) is 4.31 Å². The maximum absolute atomic E-state index is 13.1. The van der Waals surface area contributed by atoms with Crippen LogP contribution in [0.4, 0.5) is 10.5 Å². The third-order valence-electron chi connectivity index (χ3n) is 5.65. The molecule has 0 aliphatic heterocycles. The Bertz CT molecular complexity index is 1260. The lowest BCUT2D eigenvalue weighted by Crippen LogP contribution is -2.69. The fourth-order valence-corrected chi connectivity index (χ4v) is 9.49. The van der Waals surface area contributed by atoms with Gasteiger partial charge in [-0.15, -0.1) is 0 Å². The third-order valence-corrected chi connectivity index (χ3v) is 11.6. The molecule has 0 aliphatic carbocycles. The van der Waals surface area contributed by atoms with Gasteiger partial charge >= 0.3 is 14.4 Å². The molecule has 0 saturated carbocycles. The van der Waals surface area contributed by atoms with Gasteiger partial charge in [0.25, 0.3) is 0 Å². The predicted octanol–water partition coefficient (Wildman–Crippen LogP) is 5.33. The smallest absolute Gasteiger partial charge is 0.429 e. The second kappa shape index (κ2) is 10.1. The molecule has 0 heterocycles. The van der Waals surface area contributed by atoms with E-state index >= 15 is 0 Å². The SMILES string of the molecule is CC(C)(C)OC(=O)N(c1ccccc1O[Si](c1ccccc1)(c1ccccc1)C(C)(C)C)S(C)(=O)=O. The number of hydrogen-bond acceptors (Lipinski definition) is 5. The number of hydrogen-bond donors (Lipinski definition) is 0. The van der Waals surface area contributed by atoms with Gasteiger partial charge in [0.2, 0.25) is 10.0 Å². The van der Waals surface area contributed by atoms with E-state index in [1.165, 1.54) is 0 Å². The van der Waals surface area contributed by atoms with E-state index in [2.05, 4.69) is 45.0 Å². The molecule has 0 N–H and O–H groups in total. The fraction of sp³-hybridized carbons (Fsp3) is 0.321. The summed E-state index contributed by atoms with van der Waals surface area (Å²) in [5.74, 6) is 0.295. The summed E-state index contributed by atoms with van der Waals surface area (Å²) in [5.41, 5.74) is -0.768. The molecular weight excluding hydrogens is 490 g/mol. The highest BCUT2D eigenvalue weighted by atomic mass is 32.2. The fourth-order valence-electron chi connectivity index (χ4n) is 4.24. The minimum absolute atomic E-state index is 0.113. The number of para-hydroxylation sites is 2. The molecule has 0 spiro atoms. The van der Waals surface area contributed by atoms with E-state index in [0.29, 0.717) is 10.1 Å². The summed E-state index contributed by atoms with van der Waals surface area (Å²) in [5, 5.41) is 1.70. The number of anilines is 1. The molecule has 0 atom stereocenters. The third kappa shape index (κ3) is 5.82. The number of rotatable bonds is 6. The average Bonchev–Trinajstić information content (AvgIpc) is 2.76. The van der Waals surface area contributed by atoms with E-state index in [0.717, 1.165) is 16.6 Å². The zero-order valence-electron chi connectivity index (χ0n) is 22.0. The van der Waals surface area contributed by atoms with Crippen LogP contribution in [0.3, 0.4) is 0 Å². The zero-order valence-corrected chi connectivity index (χ0v) is 23.8. The second-order valence-electron chi connectivity index (χ2n) is 10.7. The Morgan fingerprint density at radius 1 is 0.750 bits per heavy atom. The molecule has 6 nitrogen and oxygen atoms in total. The standard InChI is InChI=1S/C28H35NO5SSi/c1-27(2,3)33-26(30)29(35(7,31)32)24-20-14-15-21-25(24)34-36(28(4,5)6,22-16-10-8-11-17-22)23-18-12-9-13-19-23/h8-21H,1-7H3. The number of benzene rings is 3. The summed E-state index contributed by atoms with van der Waals surface area (Å²) >= 11 is 0. The molecule has 0 saturated heterocycles. The molecule has 8 heteroatoms. The van der Waals surface area contributed by atoms with Crippen LogP contribution in [0, 0.1) is 0 Å². The molecule has 0 aromatic heterocycles. The van der Waals surface area contributed by atoms with Crippen molar-refractivity contribution in [3.63, 3.8) is 0 Å². The van der Waals surface area contributed by atoms with Crippen LogP contribution in [0.25, 0.3) is 0 Å². The van der Waals surface area contributed by atoms with E-state index in [1.807, 2.05) is 36.4 Å². The monoisotopic (exact) mass is 525 g/mol. The maximum Gasteiger partial charge on any atom is 0.429 e. The first-order chi connectivity index (χ1) is 16.7. The average molecular weight is 526 g/mol. The van der Waals surface area contributed by atoms with Crippen LogP contribution in [0.15, 0.2) is 84.9 Å². The van der Waals surface area contributed by atoms with Gasteiger partial charge in [-0.25, -0.2) is 13.2 Å². The Balaban J connectivity index is 2.29. The Hall–Kier alpha value is -3.10. The number of ether oxygens (including phenoxy) is 1. The lowest BCUT2D eigenvalue weighted by molar-refractivity contribution is 0.0608. The van der Waals surface area contributed by atoms with Crippen molar-refractivity contribution >= 4 is 40.5 Å². The highest BCUT2D eigenvalue weighted by Crippen LogP contribution is 2.41. The molecule has 1 amide bonds. The van der Waals surface area contributed by atoms with Gasteiger partial charge in [-0.1, -0.05) is 93.6 Å². The van der Waals surface area contributed by atoms with Gasteiger partial charge in [0.05, 0.1) is 6.26 Å². The zero-order chi connectivity index (χ0) is 26.8. The largest absolute Gasteiger partial charge is 0.533 e. The van der Waals surface area contributed by atoms with E-state index < -0.39 is 30.0 Å². The van der Waals surface area contributed by atoms with Gasteiger partial charge in [0.15, 0.2) is 0 Å². The van der Waals surface area contributed by atoms with Crippen LogP contribution in [-0.4, -0.2) is 34.7 Å². The minimum atomic E-state index is -4.04. The summed E-state index contributed by atoms with van der Waals surface area (Å²) in [6, 6.07) is 26.7. The predicted molar refractivity (Wildman–Crippen MR) is 148 cm³/mol. The van der Waals surface area contributed by atoms with Crippen molar-refractivity contribution in [2.75, 3.05) is 10.6 Å². The minimum Gasteiger partial charge on any atom is -0.533 e. The number of amides is 1. The van der Waals surface area contributed by atoms with Crippen molar-refractivity contribution in [3.05, 3.63) is 84.9 Å². The number of carbonyl (C=O) groups excluding carboxylic acids is 1. The summed E-state index contributed by atoms with van der Waals surface area (Å²) in [6.45, 7) is 11.5. The molecule has 0 aliphatic rings. The first-order valence-electron chi connectivity index (χ1n) is 11.8. The Morgan fingerprint density at radius 2 is 1.19 bits per heavy atom. The van der Waals surface area contributed by atoms with Crippen LogP contribution in [-0.2, 0) is 14.8 Å². The first-order valence-corrected chi connectivity index (χ1v) is 15.5. The number of carbonyl (C=O) groups is 1. The van der Waals surface area contributed by atoms with Crippen LogP contribution in [0.2, 0.25) is 5.04 Å². The molecule has 36 heavy (non-hydrogen) atoms. The molecule has 3 aromatic carbocycles. The highest BCUT2D eigenvalue weighted by molar-refractivity contribution is 7.92. The first kappa shape index (κ1) is 27.5. The van der Waals surface area contributed by atoms with Gasteiger partial charge in [-0.05, 0) is 48.3 Å².